The van der Waals surface area contributed by atoms with Crippen molar-refractivity contribution in [1.29, 1.82) is 0 Å². The van der Waals surface area contributed by atoms with Crippen LogP contribution < -0.4 is 11.5 Å². The quantitative estimate of drug-likeness (QED) is 0.670. The van der Waals surface area contributed by atoms with E-state index in [0.29, 0.717) is 11.3 Å². The summed E-state index contributed by atoms with van der Waals surface area (Å²) in [4.78, 5) is 0. The fourth-order valence-corrected chi connectivity index (χ4v) is 13.3. The van der Waals surface area contributed by atoms with Crippen LogP contribution in [0, 0.1) is 0 Å². The predicted molar refractivity (Wildman–Crippen MR) is 66.2 cm³/mol. The van der Waals surface area contributed by atoms with Crippen molar-refractivity contribution in [3.05, 3.63) is 0 Å². The highest BCUT2D eigenvalue weighted by molar-refractivity contribution is 7.24. The summed E-state index contributed by atoms with van der Waals surface area (Å²) >= 11 is 0. The van der Waals surface area contributed by atoms with E-state index in [1.54, 1.807) is 0 Å². The molecule has 0 aromatic carbocycles. The average Bonchev–Trinajstić information content (AvgIpc) is 2.27. The third-order valence-electron chi connectivity index (χ3n) is 3.66. The number of hydrogen-bond acceptors (Lipinski definition) is 3. The Morgan fingerprint density at radius 2 is 1.86 bits per heavy atom. The van der Waals surface area contributed by atoms with Gasteiger partial charge in [-0.1, -0.05) is 19.9 Å². The lowest BCUT2D eigenvalue weighted by atomic mass is 10.5. The molecule has 1 fully saturated rings. The van der Waals surface area contributed by atoms with E-state index in [4.69, 9.17) is 15.9 Å². The maximum absolute atomic E-state index is 6.30. The molecule has 0 spiro atoms. The Morgan fingerprint density at radius 3 is 2.21 bits per heavy atom. The molecule has 2 atom stereocenters. The molecular formula is C9H24N2OSi2. The van der Waals surface area contributed by atoms with Crippen LogP contribution in [-0.4, -0.2) is 34.8 Å². The van der Waals surface area contributed by atoms with E-state index in [-0.39, 0.29) is 0 Å². The van der Waals surface area contributed by atoms with E-state index in [1.165, 1.54) is 12.5 Å². The zero-order valence-electron chi connectivity index (χ0n) is 9.46. The van der Waals surface area contributed by atoms with E-state index in [2.05, 4.69) is 13.8 Å². The van der Waals surface area contributed by atoms with Crippen LogP contribution in [0.15, 0.2) is 0 Å². The monoisotopic (exact) mass is 232 g/mol. The summed E-state index contributed by atoms with van der Waals surface area (Å²) in [5, 5.41) is 0. The van der Waals surface area contributed by atoms with Crippen molar-refractivity contribution < 1.29 is 4.43 Å². The van der Waals surface area contributed by atoms with Crippen molar-refractivity contribution in [3.8, 4) is 0 Å². The SMILES string of the molecule is CCC(N)[Si]1(C(N)CC)CCCO[SiH2]1. The van der Waals surface area contributed by atoms with Crippen molar-refractivity contribution in [2.24, 2.45) is 11.5 Å². The van der Waals surface area contributed by atoms with Crippen LogP contribution in [-0.2, 0) is 4.43 Å². The fraction of sp³-hybridized carbons (Fsp3) is 1.00. The maximum atomic E-state index is 6.30. The lowest BCUT2D eigenvalue weighted by Crippen LogP contribution is -2.69. The minimum Gasteiger partial charge on any atom is -0.427 e. The number of hydrogen-bond donors (Lipinski definition) is 2. The van der Waals surface area contributed by atoms with Gasteiger partial charge in [-0.15, -0.1) is 0 Å². The van der Waals surface area contributed by atoms with E-state index in [0.717, 1.165) is 19.4 Å². The molecule has 3 nitrogen and oxygen atoms in total. The molecule has 1 rings (SSSR count). The molecular weight excluding hydrogens is 208 g/mol. The lowest BCUT2D eigenvalue weighted by Gasteiger charge is -2.43. The van der Waals surface area contributed by atoms with Gasteiger partial charge in [-0.3, -0.25) is 0 Å². The molecule has 1 heterocycles. The maximum Gasteiger partial charge on any atom is 0.154 e. The Labute approximate surface area is 90.3 Å². The van der Waals surface area contributed by atoms with E-state index in [9.17, 15) is 0 Å². The van der Waals surface area contributed by atoms with Gasteiger partial charge in [-0.25, -0.2) is 0 Å². The number of rotatable bonds is 4. The standard InChI is InChI=1S/C9H24N2OSi2/c1-3-8(10)14(9(11)4-2)7-5-6-12-13-14/h8-9H,3-7,10-11,13H2,1-2H3. The summed E-state index contributed by atoms with van der Waals surface area (Å²) in [5.74, 6) is 0. The molecule has 84 valence electrons. The van der Waals surface area contributed by atoms with E-state index < -0.39 is 16.9 Å². The smallest absolute Gasteiger partial charge is 0.154 e. The van der Waals surface area contributed by atoms with Gasteiger partial charge in [0.15, 0.2) is 9.28 Å². The Hall–Kier alpha value is 0.314. The zero-order valence-corrected chi connectivity index (χ0v) is 11.9. The first-order chi connectivity index (χ1) is 6.67. The second-order valence-electron chi connectivity index (χ2n) is 4.42. The summed E-state index contributed by atoms with van der Waals surface area (Å²) in [5.41, 5.74) is 13.3. The van der Waals surface area contributed by atoms with Gasteiger partial charge in [0.05, 0.1) is 0 Å². The minimum absolute atomic E-state index is 0.379. The van der Waals surface area contributed by atoms with Gasteiger partial charge >= 0.3 is 0 Å². The molecule has 2 unspecified atom stereocenters. The van der Waals surface area contributed by atoms with Gasteiger partial charge in [-0.05, 0) is 30.6 Å². The highest BCUT2D eigenvalue weighted by Crippen LogP contribution is 2.25. The van der Waals surface area contributed by atoms with Crippen LogP contribution >= 0.6 is 0 Å². The number of nitrogens with two attached hydrogens (primary N) is 2. The Kier molecular flexibility index (Phi) is 4.79. The van der Waals surface area contributed by atoms with Crippen molar-refractivity contribution >= 4 is 16.9 Å². The molecule has 0 aromatic rings. The van der Waals surface area contributed by atoms with Crippen molar-refractivity contribution in [2.75, 3.05) is 6.61 Å². The molecule has 5 heteroatoms. The van der Waals surface area contributed by atoms with Crippen LogP contribution in [0.1, 0.15) is 33.1 Å². The van der Waals surface area contributed by atoms with Crippen LogP contribution in [0.2, 0.25) is 6.04 Å². The van der Waals surface area contributed by atoms with Crippen molar-refractivity contribution in [1.82, 2.24) is 0 Å². The first-order valence-corrected chi connectivity index (χ1v) is 11.0. The Bertz CT molecular complexity index is 162. The molecule has 0 amide bonds. The molecule has 4 N–H and O–H groups in total. The van der Waals surface area contributed by atoms with Gasteiger partial charge in [0.1, 0.15) is 7.59 Å². The normalized spacial score (nSPS) is 34.3. The van der Waals surface area contributed by atoms with Gasteiger partial charge in [0, 0.05) is 6.61 Å². The largest absolute Gasteiger partial charge is 0.427 e. The van der Waals surface area contributed by atoms with Gasteiger partial charge < -0.3 is 15.9 Å². The minimum atomic E-state index is -1.42. The second kappa shape index (κ2) is 5.41. The van der Waals surface area contributed by atoms with Crippen LogP contribution in [0.25, 0.3) is 0 Å². The summed E-state index contributed by atoms with van der Waals surface area (Å²) in [6, 6.07) is 1.32. The van der Waals surface area contributed by atoms with E-state index in [1.807, 2.05) is 0 Å². The predicted octanol–water partition coefficient (Wildman–Crippen LogP) is -0.0110. The summed E-state index contributed by atoms with van der Waals surface area (Å²) in [7, 11) is -1.83. The highest BCUT2D eigenvalue weighted by atomic mass is 29.2. The third kappa shape index (κ3) is 2.28. The molecule has 0 aliphatic carbocycles. The van der Waals surface area contributed by atoms with Gasteiger partial charge in [0.25, 0.3) is 0 Å². The highest BCUT2D eigenvalue weighted by Gasteiger charge is 2.45. The average molecular weight is 232 g/mol. The fourth-order valence-electron chi connectivity index (χ4n) is 2.51. The first kappa shape index (κ1) is 12.4. The topological polar surface area (TPSA) is 61.3 Å². The zero-order chi connectivity index (χ0) is 10.6. The molecule has 1 aliphatic rings. The van der Waals surface area contributed by atoms with Crippen molar-refractivity contribution in [2.45, 2.75) is 50.5 Å². The molecule has 1 aliphatic heterocycles. The van der Waals surface area contributed by atoms with Crippen LogP contribution in [0.4, 0.5) is 0 Å². The lowest BCUT2D eigenvalue weighted by molar-refractivity contribution is 0.330. The van der Waals surface area contributed by atoms with Crippen LogP contribution in [0.5, 0.6) is 0 Å². The van der Waals surface area contributed by atoms with Gasteiger partial charge in [0.2, 0.25) is 0 Å². The van der Waals surface area contributed by atoms with Crippen LogP contribution in [0.3, 0.4) is 0 Å². The Morgan fingerprint density at radius 1 is 1.29 bits per heavy atom. The van der Waals surface area contributed by atoms with E-state index >= 15 is 0 Å². The molecule has 14 heavy (non-hydrogen) atoms. The molecule has 0 saturated carbocycles. The summed E-state index contributed by atoms with van der Waals surface area (Å²) in [6.45, 7) is 5.34. The first-order valence-electron chi connectivity index (χ1n) is 5.76. The van der Waals surface area contributed by atoms with Crippen molar-refractivity contribution in [3.63, 3.8) is 0 Å². The Balaban J connectivity index is 2.76. The summed E-state index contributed by atoms with van der Waals surface area (Å²) in [6.07, 6.45) is 3.35. The summed E-state index contributed by atoms with van der Waals surface area (Å²) < 4.78 is 5.77. The molecule has 1 saturated heterocycles. The molecule has 0 radical (unpaired) electrons. The molecule has 0 aromatic heterocycles. The van der Waals surface area contributed by atoms with Gasteiger partial charge in [-0.2, -0.15) is 0 Å². The third-order valence-corrected chi connectivity index (χ3v) is 16.2. The molecule has 0 bridgehead atoms. The second-order valence-corrected chi connectivity index (χ2v) is 14.4.